The molecule has 0 saturated heterocycles. The number of allylic oxidation sites excluding steroid dienone is 2. The number of halogens is 4. The zero-order chi connectivity index (χ0) is 25.4. The number of ether oxygens (including phenoxy) is 1. The fourth-order valence-corrected chi connectivity index (χ4v) is 4.64. The van der Waals surface area contributed by atoms with Gasteiger partial charge in [0, 0.05) is 11.1 Å². The molecule has 0 amide bonds. The minimum atomic E-state index is -1.02. The van der Waals surface area contributed by atoms with E-state index in [1.54, 1.807) is 18.2 Å². The van der Waals surface area contributed by atoms with Crippen molar-refractivity contribution in [1.29, 1.82) is 0 Å². The molecule has 1 atom stereocenters. The Hall–Kier alpha value is -2.60. The smallest absolute Gasteiger partial charge is 0.200 e. The van der Waals surface area contributed by atoms with Crippen LogP contribution in [0, 0.1) is 29.2 Å². The number of rotatable bonds is 11. The Kier molecular flexibility index (Phi) is 9.96. The largest absolute Gasteiger partial charge is 0.490 e. The van der Waals surface area contributed by atoms with Gasteiger partial charge in [0.25, 0.3) is 0 Å². The summed E-state index contributed by atoms with van der Waals surface area (Å²) in [6.45, 7) is 5.78. The van der Waals surface area contributed by atoms with Crippen molar-refractivity contribution >= 4 is 6.08 Å². The topological polar surface area (TPSA) is 29.5 Å². The van der Waals surface area contributed by atoms with Gasteiger partial charge in [0.1, 0.15) is 0 Å². The van der Waals surface area contributed by atoms with Gasteiger partial charge < -0.3 is 9.84 Å². The van der Waals surface area contributed by atoms with E-state index in [0.717, 1.165) is 19.3 Å². The zero-order valence-electron chi connectivity index (χ0n) is 20.2. The maximum Gasteiger partial charge on any atom is 0.200 e. The highest BCUT2D eigenvalue weighted by Gasteiger charge is 2.26. The molecule has 0 aliphatic heterocycles. The van der Waals surface area contributed by atoms with Crippen LogP contribution in [-0.2, 0) is 0 Å². The average Bonchev–Trinajstić information content (AvgIpc) is 2.86. The highest BCUT2D eigenvalue weighted by atomic mass is 19.2. The Bertz CT molecular complexity index is 1030. The first-order valence-electron chi connectivity index (χ1n) is 12.4. The summed E-state index contributed by atoms with van der Waals surface area (Å²) >= 11 is 0. The Balaban J connectivity index is 1.60. The van der Waals surface area contributed by atoms with E-state index in [0.29, 0.717) is 44.3 Å². The summed E-state index contributed by atoms with van der Waals surface area (Å²) in [5.41, 5.74) is 0.469. The second kappa shape index (κ2) is 12.9. The summed E-state index contributed by atoms with van der Waals surface area (Å²) in [6.07, 6.45) is 9.42. The van der Waals surface area contributed by atoms with Gasteiger partial charge in [0.2, 0.25) is 5.82 Å². The van der Waals surface area contributed by atoms with Crippen LogP contribution in [0.4, 0.5) is 17.6 Å². The standard InChI is InChI=1S/C29H34F4O2/c1-3-5-6-18-35-25-17-16-22(27(31)29(25)33)20-11-8-19(9-12-20)10-13-21-14-15-23(24(34)7-4-2)28(32)26(21)30/h3,10,13-17,19-20,24,34H,1,4-9,11-12,18H2,2H3/b13-10+. The summed E-state index contributed by atoms with van der Waals surface area (Å²) in [6, 6.07) is 6.01. The van der Waals surface area contributed by atoms with Crippen molar-refractivity contribution in [2.75, 3.05) is 6.61 Å². The molecule has 2 aromatic rings. The summed E-state index contributed by atoms with van der Waals surface area (Å²) in [5.74, 6) is -3.82. The Morgan fingerprint density at radius 3 is 2.43 bits per heavy atom. The third-order valence-corrected chi connectivity index (χ3v) is 6.71. The fraction of sp³-hybridized carbons (Fsp3) is 0.448. The summed E-state index contributed by atoms with van der Waals surface area (Å²) in [5, 5.41) is 9.99. The predicted octanol–water partition coefficient (Wildman–Crippen LogP) is 8.41. The lowest BCUT2D eigenvalue weighted by Crippen LogP contribution is -2.14. The van der Waals surface area contributed by atoms with Crippen LogP contribution < -0.4 is 4.74 Å². The third kappa shape index (κ3) is 6.75. The molecule has 3 rings (SSSR count). The van der Waals surface area contributed by atoms with Gasteiger partial charge in [0.05, 0.1) is 12.7 Å². The summed E-state index contributed by atoms with van der Waals surface area (Å²) in [4.78, 5) is 0. The monoisotopic (exact) mass is 490 g/mol. The van der Waals surface area contributed by atoms with Gasteiger partial charge in [-0.05, 0) is 68.4 Å². The molecule has 1 fully saturated rings. The molecule has 1 saturated carbocycles. The van der Waals surface area contributed by atoms with Gasteiger partial charge in [0.15, 0.2) is 23.2 Å². The van der Waals surface area contributed by atoms with E-state index in [9.17, 15) is 22.7 Å². The molecule has 1 N–H and O–H groups in total. The van der Waals surface area contributed by atoms with Gasteiger partial charge in [-0.2, -0.15) is 4.39 Å². The average molecular weight is 491 g/mol. The van der Waals surface area contributed by atoms with Gasteiger partial charge in [-0.25, -0.2) is 13.2 Å². The lowest BCUT2D eigenvalue weighted by Gasteiger charge is -2.27. The fourth-order valence-electron chi connectivity index (χ4n) is 4.64. The van der Waals surface area contributed by atoms with E-state index in [1.165, 1.54) is 18.2 Å². The number of benzene rings is 2. The first-order valence-corrected chi connectivity index (χ1v) is 12.4. The Labute approximate surface area is 205 Å². The lowest BCUT2D eigenvalue weighted by molar-refractivity contribution is 0.160. The van der Waals surface area contributed by atoms with Gasteiger partial charge in [-0.15, -0.1) is 6.58 Å². The minimum Gasteiger partial charge on any atom is -0.490 e. The van der Waals surface area contributed by atoms with Crippen LogP contribution in [0.5, 0.6) is 5.75 Å². The number of unbranched alkanes of at least 4 members (excludes halogenated alkanes) is 1. The van der Waals surface area contributed by atoms with E-state index in [1.807, 2.05) is 13.0 Å². The molecule has 2 aromatic carbocycles. The molecule has 0 heterocycles. The van der Waals surface area contributed by atoms with Crippen molar-refractivity contribution in [3.63, 3.8) is 0 Å². The van der Waals surface area contributed by atoms with Gasteiger partial charge in [-0.1, -0.05) is 49.8 Å². The second-order valence-electron chi connectivity index (χ2n) is 9.21. The van der Waals surface area contributed by atoms with Crippen LogP contribution in [-0.4, -0.2) is 11.7 Å². The SMILES string of the molecule is C=CCCCOc1ccc(C2CCC(/C=C/c3ccc(C(O)CCC)c(F)c3F)CC2)c(F)c1F. The molecule has 0 radical (unpaired) electrons. The molecule has 1 aliphatic carbocycles. The van der Waals surface area contributed by atoms with E-state index in [2.05, 4.69) is 6.58 Å². The van der Waals surface area contributed by atoms with E-state index < -0.39 is 29.4 Å². The normalized spacial score (nSPS) is 19.1. The van der Waals surface area contributed by atoms with Gasteiger partial charge in [-0.3, -0.25) is 0 Å². The minimum absolute atomic E-state index is 0.0237. The molecule has 0 spiro atoms. The first-order chi connectivity index (χ1) is 16.9. The van der Waals surface area contributed by atoms with Crippen LogP contribution in [0.3, 0.4) is 0 Å². The van der Waals surface area contributed by atoms with Crippen LogP contribution >= 0.6 is 0 Å². The van der Waals surface area contributed by atoms with Crippen LogP contribution in [0.1, 0.15) is 87.0 Å². The van der Waals surface area contributed by atoms with Crippen LogP contribution in [0.2, 0.25) is 0 Å². The highest BCUT2D eigenvalue weighted by Crippen LogP contribution is 2.39. The number of hydrogen-bond acceptors (Lipinski definition) is 2. The Morgan fingerprint density at radius 1 is 1.00 bits per heavy atom. The Morgan fingerprint density at radius 2 is 1.74 bits per heavy atom. The van der Waals surface area contributed by atoms with Crippen LogP contribution in [0.25, 0.3) is 6.08 Å². The quantitative estimate of drug-likeness (QED) is 0.195. The second-order valence-corrected chi connectivity index (χ2v) is 9.21. The third-order valence-electron chi connectivity index (χ3n) is 6.71. The van der Waals surface area contributed by atoms with E-state index >= 15 is 0 Å². The molecular weight excluding hydrogens is 456 g/mol. The molecule has 35 heavy (non-hydrogen) atoms. The molecule has 0 aromatic heterocycles. The summed E-state index contributed by atoms with van der Waals surface area (Å²) < 4.78 is 63.5. The molecule has 0 bridgehead atoms. The van der Waals surface area contributed by atoms with E-state index in [4.69, 9.17) is 4.74 Å². The van der Waals surface area contributed by atoms with Crippen molar-refractivity contribution in [2.45, 2.75) is 70.3 Å². The van der Waals surface area contributed by atoms with Crippen molar-refractivity contribution in [2.24, 2.45) is 5.92 Å². The highest BCUT2D eigenvalue weighted by molar-refractivity contribution is 5.51. The predicted molar refractivity (Wildman–Crippen MR) is 131 cm³/mol. The number of aliphatic hydroxyl groups is 1. The number of aliphatic hydroxyl groups excluding tert-OH is 1. The van der Waals surface area contributed by atoms with Crippen molar-refractivity contribution < 1.29 is 27.4 Å². The molecule has 1 unspecified atom stereocenters. The lowest BCUT2D eigenvalue weighted by atomic mass is 9.78. The molecular formula is C29H34F4O2. The van der Waals surface area contributed by atoms with Crippen molar-refractivity contribution in [1.82, 2.24) is 0 Å². The molecule has 2 nitrogen and oxygen atoms in total. The zero-order valence-corrected chi connectivity index (χ0v) is 20.2. The van der Waals surface area contributed by atoms with Gasteiger partial charge >= 0.3 is 0 Å². The summed E-state index contributed by atoms with van der Waals surface area (Å²) in [7, 11) is 0. The first kappa shape index (κ1) is 27.0. The maximum atomic E-state index is 14.7. The number of hydrogen-bond donors (Lipinski definition) is 1. The van der Waals surface area contributed by atoms with E-state index in [-0.39, 0.29) is 28.7 Å². The molecule has 1 aliphatic rings. The maximum absolute atomic E-state index is 14.7. The van der Waals surface area contributed by atoms with Crippen LogP contribution in [0.15, 0.2) is 43.0 Å². The molecule has 190 valence electrons. The molecule has 6 heteroatoms. The van der Waals surface area contributed by atoms with Crippen molar-refractivity contribution in [3.8, 4) is 5.75 Å². The van der Waals surface area contributed by atoms with Crippen molar-refractivity contribution in [3.05, 3.63) is 83.0 Å².